The fourth-order valence-electron chi connectivity index (χ4n) is 2.03. The molecule has 1 aliphatic heterocycles. The van der Waals surface area contributed by atoms with E-state index in [0.717, 1.165) is 30.2 Å². The van der Waals surface area contributed by atoms with Gasteiger partial charge < -0.3 is 10.6 Å². The fraction of sp³-hybridized carbons (Fsp3) is 0.333. The summed E-state index contributed by atoms with van der Waals surface area (Å²) in [5.74, 6) is 0.487. The molecule has 0 aliphatic carbocycles. The van der Waals surface area contributed by atoms with Crippen LogP contribution < -0.4 is 10.6 Å². The zero-order valence-corrected chi connectivity index (χ0v) is 12.2. The summed E-state index contributed by atoms with van der Waals surface area (Å²) in [6.45, 7) is 4.76. The normalized spacial score (nSPS) is 14.8. The minimum absolute atomic E-state index is 0.0773. The van der Waals surface area contributed by atoms with Gasteiger partial charge in [-0.05, 0) is 6.92 Å². The zero-order chi connectivity index (χ0) is 13.9. The molecule has 104 valence electrons. The van der Waals surface area contributed by atoms with Crippen LogP contribution in [0.2, 0.25) is 0 Å². The molecule has 2 N–H and O–H groups in total. The summed E-state index contributed by atoms with van der Waals surface area (Å²) in [4.78, 5) is 16.4. The Morgan fingerprint density at radius 3 is 2.80 bits per heavy atom. The Morgan fingerprint density at radius 2 is 2.15 bits per heavy atom. The third-order valence-corrected chi connectivity index (χ3v) is 4.34. The van der Waals surface area contributed by atoms with E-state index in [4.69, 9.17) is 0 Å². The molecule has 1 aromatic carbocycles. The Kier molecular flexibility index (Phi) is 3.80. The third kappa shape index (κ3) is 2.89. The van der Waals surface area contributed by atoms with Gasteiger partial charge in [-0.1, -0.05) is 29.8 Å². The van der Waals surface area contributed by atoms with Crippen LogP contribution in [0.25, 0.3) is 10.6 Å². The van der Waals surface area contributed by atoms with Crippen LogP contribution in [0, 0.1) is 12.8 Å². The molecule has 0 bridgehead atoms. The highest BCUT2D eigenvalue weighted by Crippen LogP contribution is 2.23. The number of carbonyl (C=O) groups excluding carboxylic acids is 1. The average Bonchev–Trinajstić information content (AvgIpc) is 2.87. The van der Waals surface area contributed by atoms with E-state index >= 15 is 0 Å². The maximum atomic E-state index is 12.0. The van der Waals surface area contributed by atoms with Crippen molar-refractivity contribution in [1.29, 1.82) is 0 Å². The molecule has 4 nitrogen and oxygen atoms in total. The summed E-state index contributed by atoms with van der Waals surface area (Å²) in [5.41, 5.74) is 2.79. The van der Waals surface area contributed by atoms with Crippen LogP contribution in [0.1, 0.15) is 16.1 Å². The summed E-state index contributed by atoms with van der Waals surface area (Å²) in [6, 6.07) is 8.19. The zero-order valence-electron chi connectivity index (χ0n) is 11.3. The number of aromatic nitrogens is 1. The van der Waals surface area contributed by atoms with Gasteiger partial charge in [0.1, 0.15) is 10.7 Å². The molecule has 2 aromatic rings. The summed E-state index contributed by atoms with van der Waals surface area (Å²) >= 11 is 1.51. The Labute approximate surface area is 122 Å². The molecule has 5 heteroatoms. The lowest BCUT2D eigenvalue weighted by molar-refractivity contribution is 0.0938. The molecule has 0 atom stereocenters. The molecular formula is C15H17N3OS. The molecule has 1 aliphatic rings. The maximum absolute atomic E-state index is 12.0. The van der Waals surface area contributed by atoms with Gasteiger partial charge in [-0.2, -0.15) is 0 Å². The van der Waals surface area contributed by atoms with Crippen LogP contribution in [-0.2, 0) is 0 Å². The molecule has 1 fully saturated rings. The van der Waals surface area contributed by atoms with Gasteiger partial charge in [-0.25, -0.2) is 4.98 Å². The monoisotopic (exact) mass is 287 g/mol. The highest BCUT2D eigenvalue weighted by molar-refractivity contribution is 7.13. The van der Waals surface area contributed by atoms with E-state index < -0.39 is 0 Å². The molecular weight excluding hydrogens is 270 g/mol. The smallest absolute Gasteiger partial charge is 0.270 e. The number of amides is 1. The van der Waals surface area contributed by atoms with Crippen molar-refractivity contribution in [1.82, 2.24) is 15.6 Å². The number of hydrogen-bond donors (Lipinski definition) is 2. The Morgan fingerprint density at radius 1 is 1.40 bits per heavy atom. The van der Waals surface area contributed by atoms with Crippen LogP contribution in [0.3, 0.4) is 0 Å². The molecule has 1 saturated heterocycles. The van der Waals surface area contributed by atoms with Gasteiger partial charge in [-0.15, -0.1) is 11.3 Å². The first-order chi connectivity index (χ1) is 9.72. The highest BCUT2D eigenvalue weighted by Gasteiger charge is 2.18. The Balaban J connectivity index is 1.66. The Hall–Kier alpha value is -1.72. The van der Waals surface area contributed by atoms with Gasteiger partial charge >= 0.3 is 0 Å². The summed E-state index contributed by atoms with van der Waals surface area (Å²) in [6.07, 6.45) is 0. The van der Waals surface area contributed by atoms with Gasteiger partial charge in [-0.3, -0.25) is 4.79 Å². The van der Waals surface area contributed by atoms with Gasteiger partial charge in [0.2, 0.25) is 0 Å². The molecule has 0 unspecified atom stereocenters. The number of nitrogens with one attached hydrogen (secondary N) is 2. The Bertz CT molecular complexity index is 602. The number of nitrogens with zero attached hydrogens (tertiary/aromatic N) is 1. The molecule has 0 saturated carbocycles. The number of aryl methyl sites for hydroxylation is 1. The second-order valence-corrected chi connectivity index (χ2v) is 6.00. The first-order valence-electron chi connectivity index (χ1n) is 6.74. The first kappa shape index (κ1) is 13.3. The van der Waals surface area contributed by atoms with Gasteiger partial charge in [0, 0.05) is 36.5 Å². The standard InChI is InChI=1S/C15H17N3OS/c1-10-2-4-12(5-3-10)15-18-13(9-20-15)14(19)17-8-11-6-16-7-11/h2-5,9,11,16H,6-8H2,1H3,(H,17,19). The van der Waals surface area contributed by atoms with Crippen LogP contribution in [0.15, 0.2) is 29.6 Å². The van der Waals surface area contributed by atoms with Crippen molar-refractivity contribution < 1.29 is 4.79 Å². The van der Waals surface area contributed by atoms with E-state index in [9.17, 15) is 4.79 Å². The lowest BCUT2D eigenvalue weighted by atomic mass is 10.0. The van der Waals surface area contributed by atoms with Crippen molar-refractivity contribution in [2.75, 3.05) is 19.6 Å². The second kappa shape index (κ2) is 5.73. The minimum Gasteiger partial charge on any atom is -0.350 e. The molecule has 3 rings (SSSR count). The molecule has 1 aromatic heterocycles. The molecule has 0 spiro atoms. The van der Waals surface area contributed by atoms with E-state index in [1.165, 1.54) is 16.9 Å². The predicted octanol–water partition coefficient (Wildman–Crippen LogP) is 2.07. The molecule has 20 heavy (non-hydrogen) atoms. The van der Waals surface area contributed by atoms with Gasteiger partial charge in [0.05, 0.1) is 0 Å². The quantitative estimate of drug-likeness (QED) is 0.905. The number of rotatable bonds is 4. The summed E-state index contributed by atoms with van der Waals surface area (Å²) in [5, 5.41) is 8.84. The predicted molar refractivity (Wildman–Crippen MR) is 81.0 cm³/mol. The van der Waals surface area contributed by atoms with E-state index in [1.54, 1.807) is 0 Å². The average molecular weight is 287 g/mol. The van der Waals surface area contributed by atoms with E-state index in [0.29, 0.717) is 11.6 Å². The SMILES string of the molecule is Cc1ccc(-c2nc(C(=O)NCC3CNC3)cs2)cc1. The number of thiazole rings is 1. The first-order valence-corrected chi connectivity index (χ1v) is 7.62. The lowest BCUT2D eigenvalue weighted by Gasteiger charge is -2.26. The molecule has 1 amide bonds. The van der Waals surface area contributed by atoms with Crippen molar-refractivity contribution in [3.8, 4) is 10.6 Å². The lowest BCUT2D eigenvalue weighted by Crippen LogP contribution is -2.48. The van der Waals surface area contributed by atoms with Crippen molar-refractivity contribution in [3.63, 3.8) is 0 Å². The minimum atomic E-state index is -0.0773. The summed E-state index contributed by atoms with van der Waals surface area (Å²) in [7, 11) is 0. The van der Waals surface area contributed by atoms with Gasteiger partial charge in [0.25, 0.3) is 5.91 Å². The fourth-order valence-corrected chi connectivity index (χ4v) is 2.83. The third-order valence-electron chi connectivity index (χ3n) is 3.45. The topological polar surface area (TPSA) is 54.0 Å². The van der Waals surface area contributed by atoms with Gasteiger partial charge in [0.15, 0.2) is 0 Å². The largest absolute Gasteiger partial charge is 0.350 e. The second-order valence-electron chi connectivity index (χ2n) is 5.14. The number of benzene rings is 1. The van der Waals surface area contributed by atoms with Crippen LogP contribution in [0.4, 0.5) is 0 Å². The van der Waals surface area contributed by atoms with Crippen molar-refractivity contribution in [3.05, 3.63) is 40.9 Å². The van der Waals surface area contributed by atoms with E-state index in [-0.39, 0.29) is 5.91 Å². The van der Waals surface area contributed by atoms with E-state index in [2.05, 4.69) is 34.7 Å². The van der Waals surface area contributed by atoms with E-state index in [1.807, 2.05) is 17.5 Å². The molecule has 0 radical (unpaired) electrons. The number of hydrogen-bond acceptors (Lipinski definition) is 4. The highest BCUT2D eigenvalue weighted by atomic mass is 32.1. The van der Waals surface area contributed by atoms with Crippen LogP contribution >= 0.6 is 11.3 Å². The van der Waals surface area contributed by atoms with Crippen molar-refractivity contribution in [2.45, 2.75) is 6.92 Å². The van der Waals surface area contributed by atoms with Crippen molar-refractivity contribution in [2.24, 2.45) is 5.92 Å². The van der Waals surface area contributed by atoms with Crippen LogP contribution in [0.5, 0.6) is 0 Å². The van der Waals surface area contributed by atoms with Crippen molar-refractivity contribution >= 4 is 17.2 Å². The number of carbonyl (C=O) groups is 1. The summed E-state index contributed by atoms with van der Waals surface area (Å²) < 4.78 is 0. The molecule has 2 heterocycles. The van der Waals surface area contributed by atoms with Crippen LogP contribution in [-0.4, -0.2) is 30.5 Å². The maximum Gasteiger partial charge on any atom is 0.270 e.